The van der Waals surface area contributed by atoms with Crippen molar-refractivity contribution in [1.82, 2.24) is 14.9 Å². The second-order valence-electron chi connectivity index (χ2n) is 7.38. The Morgan fingerprint density at radius 2 is 2.10 bits per heavy atom. The topological polar surface area (TPSA) is 75.4 Å². The molecule has 1 amide bonds. The monoisotopic (exact) mass is 435 g/mol. The van der Waals surface area contributed by atoms with Crippen molar-refractivity contribution in [1.29, 1.82) is 0 Å². The molecule has 6 nitrogen and oxygen atoms in total. The number of carbonyl (C=O) groups is 1. The van der Waals surface area contributed by atoms with Gasteiger partial charge in [0.15, 0.2) is 0 Å². The first-order valence-corrected chi connectivity index (χ1v) is 11.1. The van der Waals surface area contributed by atoms with Crippen LogP contribution in [-0.2, 0) is 17.0 Å². The van der Waals surface area contributed by atoms with Crippen LogP contribution in [-0.4, -0.2) is 53.0 Å². The molecular weight excluding hydrogens is 413 g/mol. The molecule has 2 aliphatic heterocycles. The number of rotatable bonds is 4. The average molecular weight is 436 g/mol. The van der Waals surface area contributed by atoms with Crippen LogP contribution in [0.4, 0.5) is 10.2 Å². The molecule has 0 radical (unpaired) electrons. The quantitative estimate of drug-likeness (QED) is 0.795. The molecule has 1 unspecified atom stereocenters. The maximum absolute atomic E-state index is 13.6. The minimum Gasteiger partial charge on any atom is -0.353 e. The first kappa shape index (κ1) is 20.4. The van der Waals surface area contributed by atoms with Crippen LogP contribution in [0.5, 0.6) is 0 Å². The Balaban J connectivity index is 1.38. The molecule has 2 atom stereocenters. The van der Waals surface area contributed by atoms with Crippen molar-refractivity contribution < 1.29 is 9.18 Å². The normalized spacial score (nSPS) is 19.9. The van der Waals surface area contributed by atoms with Crippen LogP contribution in [0.2, 0.25) is 5.02 Å². The molecule has 1 aromatic carbocycles. The van der Waals surface area contributed by atoms with Gasteiger partial charge in [0.2, 0.25) is 5.91 Å². The Morgan fingerprint density at radius 1 is 1.34 bits per heavy atom. The fourth-order valence-electron chi connectivity index (χ4n) is 3.87. The fourth-order valence-corrected chi connectivity index (χ4v) is 5.04. The predicted molar refractivity (Wildman–Crippen MR) is 114 cm³/mol. The summed E-state index contributed by atoms with van der Waals surface area (Å²) < 4.78 is 13.6. The van der Waals surface area contributed by atoms with Crippen LogP contribution < -0.4 is 10.6 Å². The number of aromatic nitrogens is 2. The van der Waals surface area contributed by atoms with Gasteiger partial charge in [0.1, 0.15) is 18.0 Å². The first-order chi connectivity index (χ1) is 13.9. The molecule has 0 saturated carbocycles. The smallest absolute Gasteiger partial charge is 0.239 e. The first-order valence-electron chi connectivity index (χ1n) is 9.62. The lowest BCUT2D eigenvalue weighted by molar-refractivity contribution is -0.132. The fraction of sp³-hybridized carbons (Fsp3) is 0.450. The molecule has 2 aliphatic rings. The molecule has 3 heterocycles. The summed E-state index contributed by atoms with van der Waals surface area (Å²) in [5, 5.41) is 0.447. The molecule has 4 rings (SSSR count). The van der Waals surface area contributed by atoms with Gasteiger partial charge in [0, 0.05) is 42.7 Å². The molecule has 2 N–H and O–H groups in total. The van der Waals surface area contributed by atoms with Crippen LogP contribution in [0.25, 0.3) is 0 Å². The maximum atomic E-state index is 13.6. The summed E-state index contributed by atoms with van der Waals surface area (Å²) in [6.45, 7) is 4.76. The summed E-state index contributed by atoms with van der Waals surface area (Å²) in [6.07, 6.45) is 1.91. The minimum absolute atomic E-state index is 0.0636. The highest BCUT2D eigenvalue weighted by Gasteiger charge is 2.30. The lowest BCUT2D eigenvalue weighted by Gasteiger charge is -2.37. The molecule has 0 spiro atoms. The van der Waals surface area contributed by atoms with E-state index in [0.29, 0.717) is 37.0 Å². The van der Waals surface area contributed by atoms with Gasteiger partial charge in [-0.1, -0.05) is 17.7 Å². The van der Waals surface area contributed by atoms with E-state index in [1.165, 1.54) is 17.7 Å². The van der Waals surface area contributed by atoms with Crippen molar-refractivity contribution in [2.24, 2.45) is 5.73 Å². The van der Waals surface area contributed by atoms with Gasteiger partial charge in [-0.25, -0.2) is 14.4 Å². The van der Waals surface area contributed by atoms with E-state index in [4.69, 9.17) is 17.3 Å². The van der Waals surface area contributed by atoms with Gasteiger partial charge in [-0.15, -0.1) is 11.8 Å². The summed E-state index contributed by atoms with van der Waals surface area (Å²) in [5.41, 5.74) is 9.12. The molecule has 0 bridgehead atoms. The predicted octanol–water partition coefficient (Wildman–Crippen LogP) is 2.80. The van der Waals surface area contributed by atoms with Gasteiger partial charge >= 0.3 is 0 Å². The van der Waals surface area contributed by atoms with Gasteiger partial charge in [-0.2, -0.15) is 0 Å². The number of halogens is 2. The minimum atomic E-state index is -0.707. The zero-order chi connectivity index (χ0) is 20.5. The van der Waals surface area contributed by atoms with Gasteiger partial charge in [0.25, 0.3) is 0 Å². The standard InChI is InChI=1S/C20H23ClFN5OS/c1-12-18-17(10-29-12)24-11-25-19(18)26-4-6-27(7-5-26)20(28)16(23)9-13-2-3-14(21)15(22)8-13/h2-3,8,11-12,16H,4-7,9-10,23H2,1H3/t12?,16-/m1/s1. The summed E-state index contributed by atoms with van der Waals surface area (Å²) in [4.78, 5) is 25.7. The number of thioether (sulfide) groups is 1. The Hall–Kier alpha value is -1.90. The van der Waals surface area contributed by atoms with E-state index in [9.17, 15) is 9.18 Å². The summed E-state index contributed by atoms with van der Waals surface area (Å²) >= 11 is 7.58. The van der Waals surface area contributed by atoms with Crippen molar-refractivity contribution in [3.63, 3.8) is 0 Å². The Morgan fingerprint density at radius 3 is 2.83 bits per heavy atom. The lowest BCUT2D eigenvalue weighted by atomic mass is 10.0. The Bertz CT molecular complexity index is 922. The average Bonchev–Trinajstić information content (AvgIpc) is 3.11. The Kier molecular flexibility index (Phi) is 5.94. The van der Waals surface area contributed by atoms with Gasteiger partial charge in [-0.05, 0) is 31.0 Å². The molecule has 29 heavy (non-hydrogen) atoms. The Labute approximate surface area is 178 Å². The number of hydrogen-bond donors (Lipinski definition) is 1. The van der Waals surface area contributed by atoms with E-state index in [0.717, 1.165) is 17.3 Å². The van der Waals surface area contributed by atoms with Gasteiger partial charge in [-0.3, -0.25) is 4.79 Å². The van der Waals surface area contributed by atoms with Gasteiger partial charge < -0.3 is 15.5 Å². The van der Waals surface area contributed by atoms with Crippen LogP contribution >= 0.6 is 23.4 Å². The summed E-state index contributed by atoms with van der Waals surface area (Å²) in [7, 11) is 0. The van der Waals surface area contributed by atoms with E-state index in [2.05, 4.69) is 21.8 Å². The molecule has 1 fully saturated rings. The molecule has 0 aliphatic carbocycles. The van der Waals surface area contributed by atoms with E-state index in [1.54, 1.807) is 17.3 Å². The number of carbonyl (C=O) groups excluding carboxylic acids is 1. The van der Waals surface area contributed by atoms with Crippen molar-refractivity contribution in [2.45, 2.75) is 30.4 Å². The summed E-state index contributed by atoms with van der Waals surface area (Å²) in [5.74, 6) is 1.30. The molecule has 2 aromatic rings. The number of nitrogens with zero attached hydrogens (tertiary/aromatic N) is 4. The van der Waals surface area contributed by atoms with E-state index < -0.39 is 11.9 Å². The zero-order valence-electron chi connectivity index (χ0n) is 16.1. The molecule has 1 aromatic heterocycles. The highest BCUT2D eigenvalue weighted by atomic mass is 35.5. The van der Waals surface area contributed by atoms with Gasteiger partial charge in [0.05, 0.1) is 16.8 Å². The summed E-state index contributed by atoms with van der Waals surface area (Å²) in [6, 6.07) is 3.82. The van der Waals surface area contributed by atoms with Crippen molar-refractivity contribution >= 4 is 35.1 Å². The third kappa shape index (κ3) is 4.20. The number of fused-ring (bicyclic) bond motifs is 1. The van der Waals surface area contributed by atoms with Crippen LogP contribution in [0.3, 0.4) is 0 Å². The number of hydrogen-bond acceptors (Lipinski definition) is 6. The molecule has 154 valence electrons. The highest BCUT2D eigenvalue weighted by Crippen LogP contribution is 2.44. The largest absolute Gasteiger partial charge is 0.353 e. The highest BCUT2D eigenvalue weighted by molar-refractivity contribution is 7.99. The maximum Gasteiger partial charge on any atom is 0.239 e. The lowest BCUT2D eigenvalue weighted by Crippen LogP contribution is -2.54. The molecule has 1 saturated heterocycles. The van der Waals surface area contributed by atoms with E-state index >= 15 is 0 Å². The third-order valence-electron chi connectivity index (χ3n) is 5.47. The third-order valence-corrected chi connectivity index (χ3v) is 6.95. The number of anilines is 1. The SMILES string of the molecule is CC1SCc2ncnc(N3CCN(C(=O)[C@H](N)Cc4ccc(Cl)c(F)c4)CC3)c21. The van der Waals surface area contributed by atoms with Crippen LogP contribution in [0.1, 0.15) is 29.0 Å². The molecular formula is C20H23ClFN5OS. The number of benzene rings is 1. The van der Waals surface area contributed by atoms with Crippen LogP contribution in [0, 0.1) is 5.82 Å². The molecule has 9 heteroatoms. The number of piperazine rings is 1. The number of nitrogens with two attached hydrogens (primary N) is 1. The van der Waals surface area contributed by atoms with Crippen LogP contribution in [0.15, 0.2) is 24.5 Å². The van der Waals surface area contributed by atoms with Crippen molar-refractivity contribution in [3.05, 3.63) is 52.2 Å². The second-order valence-corrected chi connectivity index (χ2v) is 9.12. The van der Waals surface area contributed by atoms with E-state index in [1.807, 2.05) is 11.8 Å². The van der Waals surface area contributed by atoms with E-state index in [-0.39, 0.29) is 17.4 Å². The number of amides is 1. The van der Waals surface area contributed by atoms with Crippen molar-refractivity contribution in [3.8, 4) is 0 Å². The second kappa shape index (κ2) is 8.45. The zero-order valence-corrected chi connectivity index (χ0v) is 17.7. The van der Waals surface area contributed by atoms with Crippen molar-refractivity contribution in [2.75, 3.05) is 31.1 Å².